The Hall–Kier alpha value is -2.38. The third-order valence-corrected chi connectivity index (χ3v) is 5.26. The molecule has 6 nitrogen and oxygen atoms in total. The van der Waals surface area contributed by atoms with E-state index in [-0.39, 0.29) is 18.5 Å². The van der Waals surface area contributed by atoms with E-state index in [1.165, 1.54) is 4.90 Å². The van der Waals surface area contributed by atoms with Gasteiger partial charge < -0.3 is 19.4 Å². The van der Waals surface area contributed by atoms with Crippen LogP contribution in [0.5, 0.6) is 0 Å². The number of amides is 3. The van der Waals surface area contributed by atoms with E-state index in [0.29, 0.717) is 39.3 Å². The van der Waals surface area contributed by atoms with Crippen LogP contribution in [0.4, 0.5) is 4.79 Å². The van der Waals surface area contributed by atoms with Gasteiger partial charge in [0.15, 0.2) is 0 Å². The standard InChI is InChI=1S/C22H31N3O3S/c1-4-28-14-9-13-24(22(27)23(2)3)18-21(26)25(17-20-12-8-15-29-20)16-19-10-6-5-7-11-19/h5-8,10-12,15H,4,9,13-14,16-18H2,1-3H3. The molecule has 1 aromatic carbocycles. The molecule has 158 valence electrons. The highest BCUT2D eigenvalue weighted by Crippen LogP contribution is 2.15. The van der Waals surface area contributed by atoms with E-state index < -0.39 is 0 Å². The maximum absolute atomic E-state index is 13.2. The first kappa shape index (κ1) is 22.9. The molecule has 0 radical (unpaired) electrons. The fourth-order valence-corrected chi connectivity index (χ4v) is 3.64. The Balaban J connectivity index is 2.09. The topological polar surface area (TPSA) is 53.1 Å². The quantitative estimate of drug-likeness (QED) is 0.524. The molecule has 0 fully saturated rings. The highest BCUT2D eigenvalue weighted by atomic mass is 32.1. The van der Waals surface area contributed by atoms with Crippen LogP contribution in [0.3, 0.4) is 0 Å². The van der Waals surface area contributed by atoms with Crippen LogP contribution in [0, 0.1) is 0 Å². The van der Waals surface area contributed by atoms with Crippen LogP contribution in [-0.4, -0.2) is 67.0 Å². The number of hydrogen-bond donors (Lipinski definition) is 0. The van der Waals surface area contributed by atoms with Crippen molar-refractivity contribution in [3.8, 4) is 0 Å². The molecule has 0 atom stereocenters. The lowest BCUT2D eigenvalue weighted by molar-refractivity contribution is -0.133. The smallest absolute Gasteiger partial charge is 0.319 e. The molecule has 3 amide bonds. The van der Waals surface area contributed by atoms with E-state index >= 15 is 0 Å². The number of carbonyl (C=O) groups is 2. The number of hydrogen-bond acceptors (Lipinski definition) is 4. The second-order valence-corrected chi connectivity index (χ2v) is 8.00. The first-order valence-electron chi connectivity index (χ1n) is 9.89. The summed E-state index contributed by atoms with van der Waals surface area (Å²) in [7, 11) is 3.41. The molecule has 0 bridgehead atoms. The normalized spacial score (nSPS) is 10.6. The van der Waals surface area contributed by atoms with Gasteiger partial charge in [-0.05, 0) is 30.4 Å². The molecule has 0 aliphatic carbocycles. The third kappa shape index (κ3) is 7.87. The van der Waals surface area contributed by atoms with Gasteiger partial charge >= 0.3 is 6.03 Å². The van der Waals surface area contributed by atoms with Crippen LogP contribution in [0.2, 0.25) is 0 Å². The van der Waals surface area contributed by atoms with Gasteiger partial charge in [-0.2, -0.15) is 0 Å². The molecule has 1 aromatic heterocycles. The highest BCUT2D eigenvalue weighted by Gasteiger charge is 2.23. The van der Waals surface area contributed by atoms with Crippen molar-refractivity contribution in [1.29, 1.82) is 0 Å². The van der Waals surface area contributed by atoms with E-state index in [0.717, 1.165) is 10.4 Å². The van der Waals surface area contributed by atoms with E-state index in [4.69, 9.17) is 4.74 Å². The largest absolute Gasteiger partial charge is 0.382 e. The Kier molecular flexibility index (Phi) is 9.67. The maximum atomic E-state index is 13.2. The first-order chi connectivity index (χ1) is 14.0. The molecule has 0 unspecified atom stereocenters. The SMILES string of the molecule is CCOCCCN(CC(=O)N(Cc1ccccc1)Cc1cccs1)C(=O)N(C)C. The predicted octanol–water partition coefficient (Wildman–Crippen LogP) is 3.69. The van der Waals surface area contributed by atoms with Crippen molar-refractivity contribution in [3.05, 3.63) is 58.3 Å². The summed E-state index contributed by atoms with van der Waals surface area (Å²) in [6.07, 6.45) is 0.699. The van der Waals surface area contributed by atoms with Crippen LogP contribution >= 0.6 is 11.3 Å². The van der Waals surface area contributed by atoms with Gasteiger partial charge in [0.05, 0.1) is 6.54 Å². The van der Waals surface area contributed by atoms with Crippen molar-refractivity contribution in [2.75, 3.05) is 40.4 Å². The van der Waals surface area contributed by atoms with Crippen LogP contribution in [0.1, 0.15) is 23.8 Å². The number of benzene rings is 1. The maximum Gasteiger partial charge on any atom is 0.319 e. The lowest BCUT2D eigenvalue weighted by atomic mass is 10.2. The summed E-state index contributed by atoms with van der Waals surface area (Å²) >= 11 is 1.63. The van der Waals surface area contributed by atoms with Crippen molar-refractivity contribution in [1.82, 2.24) is 14.7 Å². The minimum Gasteiger partial charge on any atom is -0.382 e. The molecular weight excluding hydrogens is 386 g/mol. The molecule has 0 N–H and O–H groups in total. The van der Waals surface area contributed by atoms with Gasteiger partial charge in [0, 0.05) is 45.3 Å². The zero-order valence-electron chi connectivity index (χ0n) is 17.5. The summed E-state index contributed by atoms with van der Waals surface area (Å²) in [5.41, 5.74) is 1.07. The minimum absolute atomic E-state index is 0.0569. The van der Waals surface area contributed by atoms with Gasteiger partial charge in [0.1, 0.15) is 6.54 Å². The molecule has 29 heavy (non-hydrogen) atoms. The Morgan fingerprint density at radius 1 is 1.00 bits per heavy atom. The van der Waals surface area contributed by atoms with Crippen molar-refractivity contribution in [2.24, 2.45) is 0 Å². The predicted molar refractivity (Wildman–Crippen MR) is 117 cm³/mol. The Labute approximate surface area is 177 Å². The van der Waals surface area contributed by atoms with E-state index in [1.54, 1.807) is 30.3 Å². The van der Waals surface area contributed by atoms with Crippen molar-refractivity contribution in [3.63, 3.8) is 0 Å². The fourth-order valence-electron chi connectivity index (χ4n) is 2.92. The fraction of sp³-hybridized carbons (Fsp3) is 0.455. The Morgan fingerprint density at radius 3 is 2.38 bits per heavy atom. The van der Waals surface area contributed by atoms with Gasteiger partial charge in [-0.1, -0.05) is 36.4 Å². The molecule has 1 heterocycles. The summed E-state index contributed by atoms with van der Waals surface area (Å²) in [5, 5.41) is 2.01. The lowest BCUT2D eigenvalue weighted by Crippen LogP contribution is -2.46. The summed E-state index contributed by atoms with van der Waals surface area (Å²) < 4.78 is 5.38. The van der Waals surface area contributed by atoms with Gasteiger partial charge in [0.2, 0.25) is 5.91 Å². The Morgan fingerprint density at radius 2 is 1.76 bits per heavy atom. The Bertz CT molecular complexity index is 735. The summed E-state index contributed by atoms with van der Waals surface area (Å²) in [4.78, 5) is 31.8. The van der Waals surface area contributed by atoms with Crippen LogP contribution in [0.15, 0.2) is 47.8 Å². The van der Waals surface area contributed by atoms with E-state index in [2.05, 4.69) is 0 Å². The van der Waals surface area contributed by atoms with Gasteiger partial charge in [-0.3, -0.25) is 4.79 Å². The van der Waals surface area contributed by atoms with Gasteiger partial charge in [0.25, 0.3) is 0 Å². The molecule has 0 aliphatic heterocycles. The minimum atomic E-state index is -0.161. The summed E-state index contributed by atoms with van der Waals surface area (Å²) in [6.45, 7) is 4.76. The molecule has 0 saturated heterocycles. The van der Waals surface area contributed by atoms with Crippen LogP contribution in [-0.2, 0) is 22.6 Å². The van der Waals surface area contributed by atoms with Crippen molar-refractivity contribution < 1.29 is 14.3 Å². The zero-order valence-corrected chi connectivity index (χ0v) is 18.4. The van der Waals surface area contributed by atoms with E-state index in [1.807, 2.05) is 59.7 Å². The zero-order chi connectivity index (χ0) is 21.1. The summed E-state index contributed by atoms with van der Waals surface area (Å²) in [6, 6.07) is 13.8. The molecule has 2 aromatic rings. The van der Waals surface area contributed by atoms with E-state index in [9.17, 15) is 9.59 Å². The summed E-state index contributed by atoms with van der Waals surface area (Å²) in [5.74, 6) is -0.0612. The molecule has 2 rings (SSSR count). The molecular formula is C22H31N3O3S. The number of carbonyl (C=O) groups excluding carboxylic acids is 2. The number of rotatable bonds is 11. The second kappa shape index (κ2) is 12.2. The number of nitrogens with zero attached hydrogens (tertiary/aromatic N) is 3. The lowest BCUT2D eigenvalue weighted by Gasteiger charge is -2.29. The van der Waals surface area contributed by atoms with Crippen LogP contribution < -0.4 is 0 Å². The average Bonchev–Trinajstić information content (AvgIpc) is 3.23. The van der Waals surface area contributed by atoms with Gasteiger partial charge in [-0.15, -0.1) is 11.3 Å². The number of ether oxygens (including phenoxy) is 1. The van der Waals surface area contributed by atoms with Crippen molar-refractivity contribution in [2.45, 2.75) is 26.4 Å². The molecule has 0 spiro atoms. The average molecular weight is 418 g/mol. The second-order valence-electron chi connectivity index (χ2n) is 6.96. The number of urea groups is 1. The first-order valence-corrected chi connectivity index (χ1v) is 10.8. The highest BCUT2D eigenvalue weighted by molar-refractivity contribution is 7.09. The monoisotopic (exact) mass is 417 g/mol. The number of thiophene rings is 1. The third-order valence-electron chi connectivity index (χ3n) is 4.40. The van der Waals surface area contributed by atoms with Crippen molar-refractivity contribution >= 4 is 23.3 Å². The molecule has 0 saturated carbocycles. The molecule has 0 aliphatic rings. The van der Waals surface area contributed by atoms with Gasteiger partial charge in [-0.25, -0.2) is 4.79 Å². The molecule has 7 heteroatoms. The van der Waals surface area contributed by atoms with Crippen LogP contribution in [0.25, 0.3) is 0 Å².